The van der Waals surface area contributed by atoms with Gasteiger partial charge in [-0.2, -0.15) is 0 Å². The molecule has 0 aromatic heterocycles. The number of rotatable bonds is 2. The summed E-state index contributed by atoms with van der Waals surface area (Å²) in [7, 11) is 5.31. The number of carbonyl (C=O) groups is 1. The standard InChI is InChI=1S/C19H20ClNO4/c1-21-5-4-19-10-7-13(23-2)16(22)18(19)25-17-14(24-3)8-11(20)9(15(17)19)6-12(10)21/h7-8,12-13,18H,4-6H2,1-3H3/t12-,13?,18?,19?/m0/s1. The van der Waals surface area contributed by atoms with Gasteiger partial charge >= 0.3 is 0 Å². The number of ketones is 1. The Morgan fingerprint density at radius 1 is 1.40 bits per heavy atom. The number of piperidine rings is 1. The largest absolute Gasteiger partial charge is 0.493 e. The van der Waals surface area contributed by atoms with Crippen molar-refractivity contribution >= 4 is 17.4 Å². The average Bonchev–Trinajstić information content (AvgIpc) is 2.95. The summed E-state index contributed by atoms with van der Waals surface area (Å²) in [5.41, 5.74) is 2.98. The van der Waals surface area contributed by atoms with E-state index in [0.29, 0.717) is 16.5 Å². The number of ether oxygens (including phenoxy) is 3. The van der Waals surface area contributed by atoms with Gasteiger partial charge in [-0.3, -0.25) is 9.69 Å². The van der Waals surface area contributed by atoms with Crippen LogP contribution in [-0.4, -0.2) is 56.7 Å². The molecule has 0 saturated carbocycles. The smallest absolute Gasteiger partial charge is 0.207 e. The highest BCUT2D eigenvalue weighted by molar-refractivity contribution is 6.31. The summed E-state index contributed by atoms with van der Waals surface area (Å²) in [5.74, 6) is 1.27. The zero-order valence-electron chi connectivity index (χ0n) is 14.5. The second kappa shape index (κ2) is 5.00. The number of likely N-dealkylation sites (N-methyl/N-ethyl adjacent to an activating group) is 1. The van der Waals surface area contributed by atoms with Crippen LogP contribution >= 0.6 is 11.6 Å². The van der Waals surface area contributed by atoms with Gasteiger partial charge < -0.3 is 14.2 Å². The predicted molar refractivity (Wildman–Crippen MR) is 92.7 cm³/mol. The molecule has 2 bridgehead atoms. The third-order valence-electron chi connectivity index (χ3n) is 6.43. The van der Waals surface area contributed by atoms with E-state index >= 15 is 0 Å². The van der Waals surface area contributed by atoms with Crippen LogP contribution in [-0.2, 0) is 21.4 Å². The summed E-state index contributed by atoms with van der Waals surface area (Å²) in [5, 5.41) is 0.694. The van der Waals surface area contributed by atoms with Gasteiger partial charge in [0.15, 0.2) is 17.6 Å². The summed E-state index contributed by atoms with van der Waals surface area (Å²) in [4.78, 5) is 15.4. The molecule has 1 saturated heterocycles. The van der Waals surface area contributed by atoms with E-state index in [-0.39, 0.29) is 11.8 Å². The summed E-state index contributed by atoms with van der Waals surface area (Å²) < 4.78 is 17.2. The van der Waals surface area contributed by atoms with E-state index in [1.54, 1.807) is 14.2 Å². The van der Waals surface area contributed by atoms with Gasteiger partial charge in [0.25, 0.3) is 0 Å². The number of nitrogens with zero attached hydrogens (tertiary/aromatic N) is 1. The molecule has 2 aliphatic carbocycles. The molecule has 1 fully saturated rings. The van der Waals surface area contributed by atoms with E-state index in [1.165, 1.54) is 5.57 Å². The number of carbonyl (C=O) groups excluding carboxylic acids is 1. The quantitative estimate of drug-likeness (QED) is 0.755. The second-order valence-corrected chi connectivity index (χ2v) is 7.75. The van der Waals surface area contributed by atoms with Crippen molar-refractivity contribution in [2.75, 3.05) is 27.8 Å². The first-order valence-electron chi connectivity index (χ1n) is 8.58. The molecule has 2 heterocycles. The Labute approximate surface area is 151 Å². The van der Waals surface area contributed by atoms with Crippen molar-refractivity contribution < 1.29 is 19.0 Å². The van der Waals surface area contributed by atoms with Crippen molar-refractivity contribution in [3.8, 4) is 11.5 Å². The van der Waals surface area contributed by atoms with Crippen molar-refractivity contribution in [1.29, 1.82) is 0 Å². The number of halogens is 1. The van der Waals surface area contributed by atoms with Crippen LogP contribution in [0.2, 0.25) is 5.02 Å². The summed E-state index contributed by atoms with van der Waals surface area (Å²) in [6, 6.07) is 2.03. The molecule has 0 radical (unpaired) electrons. The Bertz CT molecular complexity index is 835. The van der Waals surface area contributed by atoms with Gasteiger partial charge in [0.1, 0.15) is 6.10 Å². The number of benzene rings is 1. The van der Waals surface area contributed by atoms with E-state index in [9.17, 15) is 4.79 Å². The van der Waals surface area contributed by atoms with Crippen LogP contribution < -0.4 is 9.47 Å². The van der Waals surface area contributed by atoms with Crippen LogP contribution in [0.25, 0.3) is 0 Å². The highest BCUT2D eigenvalue weighted by Crippen LogP contribution is 2.62. The first-order chi connectivity index (χ1) is 12.0. The van der Waals surface area contributed by atoms with E-state index < -0.39 is 17.6 Å². The van der Waals surface area contributed by atoms with Crippen LogP contribution in [0.5, 0.6) is 11.5 Å². The fourth-order valence-electron chi connectivity index (χ4n) is 5.27. The predicted octanol–water partition coefficient (Wildman–Crippen LogP) is 2.13. The Hall–Kier alpha value is -1.56. The molecule has 0 N–H and O–H groups in total. The molecule has 4 aliphatic rings. The minimum atomic E-state index is -0.560. The summed E-state index contributed by atoms with van der Waals surface area (Å²) >= 11 is 6.61. The molecule has 132 valence electrons. The first kappa shape index (κ1) is 15.7. The van der Waals surface area contributed by atoms with Crippen molar-refractivity contribution in [1.82, 2.24) is 4.90 Å². The number of Topliss-reactive ketones (excluding diaryl/α,β-unsaturated/α-hetero) is 1. The Balaban J connectivity index is 1.86. The lowest BCUT2D eigenvalue weighted by atomic mass is 9.56. The SMILES string of the molecule is COc1cc(Cl)c2c3c1OC1C(=O)C(OC)C=C4[C@H](C2)N(C)CCC431. The number of hydrogen-bond donors (Lipinski definition) is 0. The molecule has 6 heteroatoms. The van der Waals surface area contributed by atoms with Gasteiger partial charge in [-0.25, -0.2) is 0 Å². The molecule has 1 spiro atoms. The Morgan fingerprint density at radius 3 is 2.92 bits per heavy atom. The zero-order chi connectivity index (χ0) is 17.5. The van der Waals surface area contributed by atoms with Gasteiger partial charge in [-0.15, -0.1) is 0 Å². The highest BCUT2D eigenvalue weighted by Gasteiger charge is 2.64. The molecule has 4 atom stereocenters. The first-order valence-corrected chi connectivity index (χ1v) is 8.96. The van der Waals surface area contributed by atoms with Gasteiger partial charge in [0.2, 0.25) is 5.78 Å². The van der Waals surface area contributed by atoms with Crippen molar-refractivity contribution in [2.24, 2.45) is 0 Å². The minimum Gasteiger partial charge on any atom is -0.493 e. The van der Waals surface area contributed by atoms with Crippen molar-refractivity contribution in [2.45, 2.75) is 36.5 Å². The third-order valence-corrected chi connectivity index (χ3v) is 6.77. The van der Waals surface area contributed by atoms with Gasteiger partial charge in [-0.1, -0.05) is 11.6 Å². The molecule has 0 amide bonds. The molecule has 25 heavy (non-hydrogen) atoms. The summed E-state index contributed by atoms with van der Waals surface area (Å²) in [6.45, 7) is 0.917. The fraction of sp³-hybridized carbons (Fsp3) is 0.526. The maximum Gasteiger partial charge on any atom is 0.207 e. The number of hydrogen-bond acceptors (Lipinski definition) is 5. The topological polar surface area (TPSA) is 48.0 Å². The zero-order valence-corrected chi connectivity index (χ0v) is 15.2. The Morgan fingerprint density at radius 2 is 2.20 bits per heavy atom. The maximum absolute atomic E-state index is 13.1. The lowest BCUT2D eigenvalue weighted by Gasteiger charge is -2.53. The summed E-state index contributed by atoms with van der Waals surface area (Å²) in [6.07, 6.45) is 2.56. The highest BCUT2D eigenvalue weighted by atomic mass is 35.5. The lowest BCUT2D eigenvalue weighted by Crippen LogP contribution is -2.62. The molecule has 5 rings (SSSR count). The molecule has 5 nitrogen and oxygen atoms in total. The van der Waals surface area contributed by atoms with E-state index in [2.05, 4.69) is 11.9 Å². The van der Waals surface area contributed by atoms with Crippen LogP contribution in [0.4, 0.5) is 0 Å². The third kappa shape index (κ3) is 1.69. The average molecular weight is 362 g/mol. The van der Waals surface area contributed by atoms with Crippen LogP contribution in [0, 0.1) is 0 Å². The van der Waals surface area contributed by atoms with Crippen LogP contribution in [0.3, 0.4) is 0 Å². The molecule has 3 unspecified atom stereocenters. The van der Waals surface area contributed by atoms with E-state index in [1.807, 2.05) is 12.1 Å². The van der Waals surface area contributed by atoms with E-state index in [0.717, 1.165) is 30.5 Å². The van der Waals surface area contributed by atoms with Crippen molar-refractivity contribution in [3.63, 3.8) is 0 Å². The Kier molecular flexibility index (Phi) is 3.13. The molecule has 1 aromatic carbocycles. The second-order valence-electron chi connectivity index (χ2n) is 7.34. The van der Waals surface area contributed by atoms with Crippen molar-refractivity contribution in [3.05, 3.63) is 33.9 Å². The minimum absolute atomic E-state index is 0.0169. The number of likely N-dealkylation sites (tertiary alicyclic amines) is 1. The number of methoxy groups -OCH3 is 2. The van der Waals surface area contributed by atoms with Gasteiger partial charge in [-0.05, 0) is 43.6 Å². The van der Waals surface area contributed by atoms with E-state index in [4.69, 9.17) is 25.8 Å². The van der Waals surface area contributed by atoms with Crippen LogP contribution in [0.1, 0.15) is 17.5 Å². The van der Waals surface area contributed by atoms with Gasteiger partial charge in [0.05, 0.1) is 12.5 Å². The fourth-order valence-corrected chi connectivity index (χ4v) is 5.55. The van der Waals surface area contributed by atoms with Gasteiger partial charge in [0, 0.05) is 29.8 Å². The lowest BCUT2D eigenvalue weighted by molar-refractivity contribution is -0.137. The monoisotopic (exact) mass is 361 g/mol. The molecular formula is C19H20ClNO4. The normalized spacial score (nSPS) is 35.1. The maximum atomic E-state index is 13.1. The molecular weight excluding hydrogens is 342 g/mol. The molecule has 1 aromatic rings. The van der Waals surface area contributed by atoms with Crippen LogP contribution in [0.15, 0.2) is 17.7 Å². The molecule has 2 aliphatic heterocycles.